The van der Waals surface area contributed by atoms with E-state index < -0.39 is 0 Å². The zero-order valence-corrected chi connectivity index (χ0v) is 96.1. The Morgan fingerprint density at radius 2 is 0.547 bits per heavy atom. The fraction of sp³-hybridized carbons (Fsp3) is 0.344. The lowest BCUT2D eigenvalue weighted by atomic mass is 10.0. The molecule has 0 bridgehead atoms. The molecule has 0 radical (unpaired) electrons. The van der Waals surface area contributed by atoms with Crippen LogP contribution in [0.2, 0.25) is 0 Å². The number of fused-ring (bicyclic) bond motifs is 1. The number of likely N-dealkylation sites (tertiary alicyclic amines) is 4. The number of rotatable bonds is 18. The van der Waals surface area contributed by atoms with E-state index in [2.05, 4.69) is 510 Å². The standard InChI is InChI=1S/C19H17S.3C18H15S.C13H16NS.C12H17NO.C11H22N2.C9H21N2.C7H15NO.C6H14N2.BrH/c1-16-12-14-19(15-13-16)20(17-8-4-2-5-9-17)18-10-6-3-7-11-18;3*1-4-10-16(11-5-1)19(17-12-6-2-7-13-17)18-14-8-3-9-15-18;1-14-10-13(15-8-4-5-9-15)11-6-2-3-7-12(11)14;1-14-12-7-5-11(6-8-12)13-9-3-2-4-10-13;1-12-9-5-11(6-10-12)13-7-3-2-4-8-13;1-10-7-5-9(6-8-10)11(2,3)4;1-8-5-3-7(9-2)4-6-8;1-7-3-5-8(2)6-4-7;/h2-15H,1H3;3*1-15H;2-3,6-7,10H,4-5,8-9H2,1H3;5-8H,2-4,9-10H2,1H3;11H,2-10H2,1H3;9H,5-8H2,1-4H3;7H,3-6H2,1-2H3;3-6H2,1-2H3;1H/q5*+1;;;+1;;;/p-1. The van der Waals surface area contributed by atoms with E-state index in [9.17, 15) is 0 Å². The second-order valence-electron chi connectivity index (χ2n) is 40.1. The van der Waals surface area contributed by atoms with Crippen molar-refractivity contribution in [2.24, 2.45) is 7.05 Å². The Bertz CT molecular complexity index is 5370. The molecule has 0 amide bonds. The number of quaternary nitrogens is 1. The summed E-state index contributed by atoms with van der Waals surface area (Å²) in [6.07, 6.45) is 22.0. The number of methoxy groups -OCH3 is 2. The van der Waals surface area contributed by atoms with Gasteiger partial charge >= 0.3 is 0 Å². The van der Waals surface area contributed by atoms with Gasteiger partial charge in [-0.1, -0.05) is 236 Å². The minimum atomic E-state index is -0.0229. The van der Waals surface area contributed by atoms with Crippen LogP contribution in [0.25, 0.3) is 10.9 Å². The average Bonchev–Trinajstić information content (AvgIpc) is 1.28. The summed E-state index contributed by atoms with van der Waals surface area (Å²) in [4.78, 5) is 35.1. The summed E-state index contributed by atoms with van der Waals surface area (Å²) in [6, 6.07) is 146. The number of piperidine rings is 5. The minimum absolute atomic E-state index is 0. The Balaban J connectivity index is 0.000000147. The Morgan fingerprint density at radius 1 is 0.277 bits per heavy atom. The van der Waals surface area contributed by atoms with Gasteiger partial charge in [0.1, 0.15) is 17.3 Å². The molecule has 0 aliphatic carbocycles. The molecular formula is C131H167BrN9O2S5+5. The van der Waals surface area contributed by atoms with E-state index in [1.807, 2.05) is 12.1 Å². The number of ether oxygens (including phenoxy) is 2. The Morgan fingerprint density at radius 3 is 0.845 bits per heavy atom. The normalized spacial score (nSPS) is 16.2. The lowest BCUT2D eigenvalue weighted by Crippen LogP contribution is -3.00. The molecule has 11 nitrogen and oxygen atoms in total. The SMILES string of the molecule is CN1CCC(N2CCCCC2)CC1.CN1CCC([N+](C)(C)C)CC1.CN1CCN(C)CC1.COC1CCN(C)CC1.COc1ccc(N2CCCCC2)cc1.Cc1ccc([S+](c2ccccc2)c2ccccc2)cc1.Cn1cc([S+]2CCCC2)c2ccccc21.[Br-].c1ccc([S+](c2ccccc2)c2ccccc2)cc1.c1ccc([S+](c2ccccc2)c2ccccc2)cc1.c1ccc([S+](c2ccccc2)c2ccccc2)cc1. The predicted octanol–water partition coefficient (Wildman–Crippen LogP) is 25.0. The quantitative estimate of drug-likeness (QED) is 0.0618. The molecule has 148 heavy (non-hydrogen) atoms. The van der Waals surface area contributed by atoms with Crippen molar-refractivity contribution in [2.75, 3.05) is 179 Å². The number of likely N-dealkylation sites (N-methyl/N-ethyl adjacent to an activating group) is 2. The second kappa shape index (κ2) is 64.7. The number of piperazine rings is 1. The van der Waals surface area contributed by atoms with E-state index in [0.717, 1.165) is 22.3 Å². The molecule has 0 saturated carbocycles. The second-order valence-corrected chi connectivity index (χ2v) is 50.4. The van der Waals surface area contributed by atoms with Crippen LogP contribution in [0.15, 0.2) is 476 Å². The molecule has 15 aromatic rings. The van der Waals surface area contributed by atoms with Gasteiger partial charge in [-0.05, 0) is 321 Å². The molecule has 1 aromatic heterocycles. The smallest absolute Gasteiger partial charge is 0.180 e. The van der Waals surface area contributed by atoms with Gasteiger partial charge in [0.05, 0.1) is 101 Å². The number of anilines is 1. The maximum Gasteiger partial charge on any atom is 0.180 e. The van der Waals surface area contributed by atoms with Crippen molar-refractivity contribution in [2.45, 2.75) is 179 Å². The minimum Gasteiger partial charge on any atom is -1.00 e. The molecule has 7 fully saturated rings. The summed E-state index contributed by atoms with van der Waals surface area (Å²) in [5, 5.41) is 1.48. The summed E-state index contributed by atoms with van der Waals surface area (Å²) in [6.45, 7) is 19.8. The lowest BCUT2D eigenvalue weighted by Gasteiger charge is -2.39. The fourth-order valence-corrected chi connectivity index (χ4v) is 30.3. The van der Waals surface area contributed by atoms with Crippen molar-refractivity contribution in [3.05, 3.63) is 418 Å². The van der Waals surface area contributed by atoms with Gasteiger partial charge in [0, 0.05) is 115 Å². The van der Waals surface area contributed by atoms with Gasteiger partial charge in [-0.25, -0.2) is 0 Å². The third kappa shape index (κ3) is 38.5. The Labute approximate surface area is 916 Å². The molecular weight excluding hydrogens is 1970 g/mol. The zero-order chi connectivity index (χ0) is 103. The molecule has 7 aliphatic heterocycles. The molecule has 0 unspecified atom stereocenters. The highest BCUT2D eigenvalue weighted by Gasteiger charge is 2.35. The number of benzene rings is 14. The fourth-order valence-electron chi connectivity index (χ4n) is 19.3. The van der Waals surface area contributed by atoms with E-state index in [1.54, 1.807) is 19.1 Å². The topological polar surface area (TPSA) is 46.1 Å². The largest absolute Gasteiger partial charge is 1.00 e. The van der Waals surface area contributed by atoms with Crippen LogP contribution in [0.1, 0.15) is 95.5 Å². The van der Waals surface area contributed by atoms with Gasteiger partial charge in [-0.3, -0.25) is 0 Å². The third-order valence-corrected chi connectivity index (χ3v) is 39.6. The molecule has 22 rings (SSSR count). The van der Waals surface area contributed by atoms with Crippen LogP contribution in [-0.4, -0.2) is 230 Å². The molecule has 14 aromatic carbocycles. The van der Waals surface area contributed by atoms with Crippen LogP contribution in [0.3, 0.4) is 0 Å². The molecule has 0 N–H and O–H groups in total. The van der Waals surface area contributed by atoms with Gasteiger partial charge < -0.3 is 69.8 Å². The van der Waals surface area contributed by atoms with E-state index in [1.165, 1.54) is 274 Å². The van der Waals surface area contributed by atoms with Crippen molar-refractivity contribution >= 4 is 71.1 Å². The van der Waals surface area contributed by atoms with Crippen LogP contribution >= 0.6 is 0 Å². The van der Waals surface area contributed by atoms with Crippen LogP contribution in [-0.2, 0) is 66.3 Å². The molecule has 7 saturated heterocycles. The first kappa shape index (κ1) is 117. The molecule has 0 atom stereocenters. The van der Waals surface area contributed by atoms with Gasteiger partial charge in [0.15, 0.2) is 63.6 Å². The lowest BCUT2D eigenvalue weighted by molar-refractivity contribution is -0.897. The molecule has 780 valence electrons. The average molecular weight is 2140 g/mol. The van der Waals surface area contributed by atoms with Crippen molar-refractivity contribution in [3.8, 4) is 5.75 Å². The van der Waals surface area contributed by atoms with Crippen LogP contribution in [0.4, 0.5) is 5.69 Å². The summed E-state index contributed by atoms with van der Waals surface area (Å²) in [7, 11) is 24.0. The third-order valence-electron chi connectivity index (χ3n) is 28.1. The molecule has 8 heterocycles. The first-order chi connectivity index (χ1) is 71.9. The Kier molecular flexibility index (Phi) is 51.1. The number of para-hydroxylation sites is 1. The van der Waals surface area contributed by atoms with Gasteiger partial charge in [-0.15, -0.1) is 0 Å². The Hall–Kier alpha value is -9.87. The van der Waals surface area contributed by atoms with Crippen LogP contribution in [0.5, 0.6) is 5.75 Å². The summed E-state index contributed by atoms with van der Waals surface area (Å²) < 4.78 is 13.8. The monoisotopic (exact) mass is 2140 g/mol. The van der Waals surface area contributed by atoms with Crippen LogP contribution in [0, 0.1) is 6.92 Å². The number of hydrogen-bond acceptors (Lipinski definition) is 9. The summed E-state index contributed by atoms with van der Waals surface area (Å²) >= 11 is 0. The maximum absolute atomic E-state index is 5.21. The number of aryl methyl sites for hydroxylation is 2. The van der Waals surface area contributed by atoms with Crippen molar-refractivity contribution < 1.29 is 30.9 Å². The highest BCUT2D eigenvalue weighted by Crippen LogP contribution is 2.38. The van der Waals surface area contributed by atoms with E-state index in [4.69, 9.17) is 9.47 Å². The van der Waals surface area contributed by atoms with Crippen molar-refractivity contribution in [1.82, 2.24) is 34.0 Å². The van der Waals surface area contributed by atoms with E-state index in [0.29, 0.717) is 17.0 Å². The number of aromatic nitrogens is 1. The molecule has 0 spiro atoms. The van der Waals surface area contributed by atoms with Crippen molar-refractivity contribution in [3.63, 3.8) is 0 Å². The van der Waals surface area contributed by atoms with E-state index >= 15 is 0 Å². The summed E-state index contributed by atoms with van der Waals surface area (Å²) in [5.41, 5.74) is 4.01. The number of hydrogen-bond donors (Lipinski definition) is 0. The zero-order valence-electron chi connectivity index (χ0n) is 90.5. The maximum atomic E-state index is 5.21. The summed E-state index contributed by atoms with van der Waals surface area (Å²) in [5.74, 6) is 3.76. The van der Waals surface area contributed by atoms with Gasteiger partial charge in [0.25, 0.3) is 0 Å². The van der Waals surface area contributed by atoms with Crippen molar-refractivity contribution in [1.29, 1.82) is 0 Å². The van der Waals surface area contributed by atoms with Crippen LogP contribution < -0.4 is 26.6 Å². The first-order valence-electron chi connectivity index (χ1n) is 53.6. The highest BCUT2D eigenvalue weighted by atomic mass is 79.9. The van der Waals surface area contributed by atoms with Gasteiger partial charge in [-0.2, -0.15) is 0 Å². The molecule has 17 heteroatoms. The number of halogens is 1. The first-order valence-corrected chi connectivity index (χ1v) is 60.1. The van der Waals surface area contributed by atoms with E-state index in [-0.39, 0.29) is 60.6 Å². The van der Waals surface area contributed by atoms with Gasteiger partial charge in [0.2, 0.25) is 0 Å². The molecule has 7 aliphatic rings. The number of nitrogens with zero attached hydrogens (tertiary/aromatic N) is 9. The highest BCUT2D eigenvalue weighted by molar-refractivity contribution is 7.98. The predicted molar refractivity (Wildman–Crippen MR) is 634 cm³/mol.